The second-order valence-electron chi connectivity index (χ2n) is 9.58. The molecule has 3 aromatic rings. The zero-order valence-corrected chi connectivity index (χ0v) is 21.4. The van der Waals surface area contributed by atoms with E-state index in [-0.39, 0.29) is 12.2 Å². The number of nitrogens with two attached hydrogens (primary N) is 1. The number of carbonyl (C=O) groups is 1. The maximum atomic E-state index is 13.8. The minimum absolute atomic E-state index is 0.0517. The molecule has 40 heavy (non-hydrogen) atoms. The van der Waals surface area contributed by atoms with Crippen molar-refractivity contribution in [2.75, 3.05) is 41.7 Å². The molecule has 0 radical (unpaired) electrons. The molecule has 0 aliphatic carbocycles. The van der Waals surface area contributed by atoms with E-state index in [0.29, 0.717) is 48.7 Å². The van der Waals surface area contributed by atoms with Crippen molar-refractivity contribution >= 4 is 23.0 Å². The fourth-order valence-corrected chi connectivity index (χ4v) is 4.55. The summed E-state index contributed by atoms with van der Waals surface area (Å²) >= 11 is 0. The van der Waals surface area contributed by atoms with Crippen LogP contribution in [0.1, 0.15) is 35.1 Å². The van der Waals surface area contributed by atoms with Crippen LogP contribution in [0.4, 0.5) is 47.8 Å². The summed E-state index contributed by atoms with van der Waals surface area (Å²) in [5.41, 5.74) is 5.57. The first-order valence-electron chi connectivity index (χ1n) is 12.4. The molecule has 1 fully saturated rings. The molecule has 5 nitrogen and oxygen atoms in total. The lowest BCUT2D eigenvalue weighted by Gasteiger charge is -2.38. The van der Waals surface area contributed by atoms with Crippen molar-refractivity contribution in [3.8, 4) is 0 Å². The number of hydrogen-bond acceptors (Lipinski definition) is 4. The molecular formula is C28H27F7N4O. The maximum absolute atomic E-state index is 13.8. The van der Waals surface area contributed by atoms with Gasteiger partial charge in [0.25, 0.3) is 0 Å². The number of alkyl halides is 6. The third kappa shape index (κ3) is 6.60. The summed E-state index contributed by atoms with van der Waals surface area (Å²) in [6, 6.07) is 12.1. The van der Waals surface area contributed by atoms with Crippen molar-refractivity contribution in [1.29, 1.82) is 0 Å². The Morgan fingerprint density at radius 3 is 2.00 bits per heavy atom. The highest BCUT2D eigenvalue weighted by molar-refractivity contribution is 5.83. The minimum Gasteiger partial charge on any atom is -0.396 e. The van der Waals surface area contributed by atoms with Crippen LogP contribution in [0.3, 0.4) is 0 Å². The lowest BCUT2D eigenvalue weighted by molar-refractivity contribution is -0.138. The van der Waals surface area contributed by atoms with Gasteiger partial charge in [-0.2, -0.15) is 26.3 Å². The van der Waals surface area contributed by atoms with E-state index in [2.05, 4.69) is 5.32 Å². The molecule has 1 amide bonds. The van der Waals surface area contributed by atoms with Crippen LogP contribution in [-0.2, 0) is 23.7 Å². The molecular weight excluding hydrogens is 541 g/mol. The highest BCUT2D eigenvalue weighted by Gasteiger charge is 2.33. The summed E-state index contributed by atoms with van der Waals surface area (Å²) < 4.78 is 93.1. The number of nitrogen functional groups attached to an aromatic ring is 1. The Kier molecular flexibility index (Phi) is 8.18. The van der Waals surface area contributed by atoms with Gasteiger partial charge in [-0.05, 0) is 66.6 Å². The van der Waals surface area contributed by atoms with E-state index >= 15 is 0 Å². The van der Waals surface area contributed by atoms with Gasteiger partial charge >= 0.3 is 12.4 Å². The summed E-state index contributed by atoms with van der Waals surface area (Å²) in [6.07, 6.45) is -9.03. The van der Waals surface area contributed by atoms with Crippen LogP contribution in [0.15, 0.2) is 60.7 Å². The first-order chi connectivity index (χ1) is 18.7. The number of amides is 1. The van der Waals surface area contributed by atoms with Crippen LogP contribution >= 0.6 is 0 Å². The van der Waals surface area contributed by atoms with E-state index in [4.69, 9.17) is 5.73 Å². The number of benzene rings is 3. The fourth-order valence-electron chi connectivity index (χ4n) is 4.55. The van der Waals surface area contributed by atoms with Gasteiger partial charge in [0.15, 0.2) is 0 Å². The van der Waals surface area contributed by atoms with Crippen molar-refractivity contribution in [1.82, 2.24) is 5.32 Å². The van der Waals surface area contributed by atoms with E-state index in [1.165, 1.54) is 36.4 Å². The van der Waals surface area contributed by atoms with Gasteiger partial charge in [-0.25, -0.2) is 4.39 Å². The quantitative estimate of drug-likeness (QED) is 0.275. The van der Waals surface area contributed by atoms with Gasteiger partial charge in [-0.1, -0.05) is 12.1 Å². The summed E-state index contributed by atoms with van der Waals surface area (Å²) in [5, 5.41) is 2.72. The second kappa shape index (κ2) is 11.3. The smallest absolute Gasteiger partial charge is 0.396 e. The number of nitrogens with zero attached hydrogens (tertiary/aromatic N) is 2. The Bertz CT molecular complexity index is 1350. The molecule has 4 rings (SSSR count). The van der Waals surface area contributed by atoms with E-state index in [0.717, 1.165) is 24.3 Å². The largest absolute Gasteiger partial charge is 0.416 e. The molecule has 214 valence electrons. The highest BCUT2D eigenvalue weighted by atomic mass is 19.4. The van der Waals surface area contributed by atoms with Gasteiger partial charge in [0.05, 0.1) is 22.7 Å². The Balaban J connectivity index is 1.48. The number of anilines is 3. The predicted octanol–water partition coefficient (Wildman–Crippen LogP) is 6.19. The number of carbonyl (C=O) groups excluding carboxylic acids is 1. The molecule has 1 unspecified atom stereocenters. The van der Waals surface area contributed by atoms with Gasteiger partial charge in [0, 0.05) is 44.1 Å². The Morgan fingerprint density at radius 2 is 1.43 bits per heavy atom. The number of piperazine rings is 1. The maximum Gasteiger partial charge on any atom is 0.416 e. The summed E-state index contributed by atoms with van der Waals surface area (Å²) in [4.78, 5) is 16.4. The zero-order chi connectivity index (χ0) is 29.2. The summed E-state index contributed by atoms with van der Waals surface area (Å²) in [7, 11) is 0. The lowest BCUT2D eigenvalue weighted by atomic mass is 9.99. The number of halogens is 7. The standard InChI is InChI=1S/C28H27F7N4O/c1-17(18-3-9-24(36)23(29)14-18)26(40)37-16-19-2-4-21(28(33,34)35)15-25(19)39-12-10-38(11-13-39)22-7-5-20(6-8-22)27(30,31)32/h2-9,14-15,17H,10-13,16,36H2,1H3,(H,37,40). The SMILES string of the molecule is CC(C(=O)NCc1ccc(C(F)(F)F)cc1N1CCN(c2ccc(C(F)(F)F)cc2)CC1)c1ccc(N)c(F)c1. The molecule has 12 heteroatoms. The number of hydrogen-bond donors (Lipinski definition) is 2. The zero-order valence-electron chi connectivity index (χ0n) is 21.4. The van der Waals surface area contributed by atoms with Gasteiger partial charge < -0.3 is 20.9 Å². The molecule has 1 aliphatic heterocycles. The number of nitrogens with one attached hydrogen (secondary N) is 1. The van der Waals surface area contributed by atoms with E-state index in [9.17, 15) is 35.5 Å². The van der Waals surface area contributed by atoms with Crippen LogP contribution in [0.5, 0.6) is 0 Å². The van der Waals surface area contributed by atoms with E-state index in [1.54, 1.807) is 11.8 Å². The van der Waals surface area contributed by atoms with E-state index < -0.39 is 41.1 Å². The molecule has 0 spiro atoms. The molecule has 1 atom stereocenters. The monoisotopic (exact) mass is 568 g/mol. The van der Waals surface area contributed by atoms with Gasteiger partial charge in [-0.3, -0.25) is 4.79 Å². The predicted molar refractivity (Wildman–Crippen MR) is 138 cm³/mol. The third-order valence-electron chi connectivity index (χ3n) is 6.96. The molecule has 1 heterocycles. The van der Waals surface area contributed by atoms with Crippen molar-refractivity contribution < 1.29 is 35.5 Å². The van der Waals surface area contributed by atoms with Crippen molar-refractivity contribution in [2.45, 2.75) is 31.7 Å². The van der Waals surface area contributed by atoms with Gasteiger partial charge in [-0.15, -0.1) is 0 Å². The fraction of sp³-hybridized carbons (Fsp3) is 0.321. The lowest BCUT2D eigenvalue weighted by Crippen LogP contribution is -2.47. The topological polar surface area (TPSA) is 61.6 Å². The summed E-state index contributed by atoms with van der Waals surface area (Å²) in [5.74, 6) is -1.83. The van der Waals surface area contributed by atoms with Crippen LogP contribution < -0.4 is 20.9 Å². The van der Waals surface area contributed by atoms with Crippen molar-refractivity contribution in [3.05, 3.63) is 88.7 Å². The average molecular weight is 569 g/mol. The van der Waals surface area contributed by atoms with Gasteiger partial charge in [0.2, 0.25) is 5.91 Å². The Hall–Kier alpha value is -3.96. The van der Waals surface area contributed by atoms with Crippen molar-refractivity contribution in [2.24, 2.45) is 0 Å². The average Bonchev–Trinajstić information content (AvgIpc) is 2.92. The number of rotatable bonds is 6. The molecule has 1 saturated heterocycles. The van der Waals surface area contributed by atoms with Crippen LogP contribution in [0.2, 0.25) is 0 Å². The third-order valence-corrected chi connectivity index (χ3v) is 6.96. The summed E-state index contributed by atoms with van der Waals surface area (Å²) in [6.45, 7) is 2.87. The molecule has 0 bridgehead atoms. The first-order valence-corrected chi connectivity index (χ1v) is 12.4. The Labute approximate surface area is 226 Å². The second-order valence-corrected chi connectivity index (χ2v) is 9.58. The molecule has 3 aromatic carbocycles. The molecule has 0 saturated carbocycles. The Morgan fingerprint density at radius 1 is 0.850 bits per heavy atom. The first kappa shape index (κ1) is 29.0. The molecule has 1 aliphatic rings. The van der Waals surface area contributed by atoms with Crippen molar-refractivity contribution in [3.63, 3.8) is 0 Å². The van der Waals surface area contributed by atoms with Crippen LogP contribution in [0, 0.1) is 5.82 Å². The highest BCUT2D eigenvalue weighted by Crippen LogP contribution is 2.35. The van der Waals surface area contributed by atoms with Gasteiger partial charge in [0.1, 0.15) is 5.82 Å². The van der Waals surface area contributed by atoms with Crippen LogP contribution in [0.25, 0.3) is 0 Å². The van der Waals surface area contributed by atoms with Crippen LogP contribution in [-0.4, -0.2) is 32.1 Å². The molecule has 3 N–H and O–H groups in total. The normalized spacial score (nSPS) is 15.2. The molecule has 0 aromatic heterocycles. The van der Waals surface area contributed by atoms with E-state index in [1.807, 2.05) is 4.90 Å². The minimum atomic E-state index is -4.58.